The van der Waals surface area contributed by atoms with E-state index < -0.39 is 93.3 Å². The first-order chi connectivity index (χ1) is 21.8. The largest absolute Gasteiger partial charge is 0.503 e. The molecular formula is C23H26N10O12S2. The number of H-pyrrole nitrogens is 1. The van der Waals surface area contributed by atoms with Gasteiger partial charge in [0.15, 0.2) is 22.4 Å². The summed E-state index contributed by atoms with van der Waals surface area (Å²) in [4.78, 5) is 86.4. The van der Waals surface area contributed by atoms with E-state index >= 15 is 0 Å². The van der Waals surface area contributed by atoms with E-state index in [0.29, 0.717) is 9.47 Å². The highest BCUT2D eigenvalue weighted by Crippen LogP contribution is 2.18. The Morgan fingerprint density at radius 1 is 1.30 bits per heavy atom. The lowest BCUT2D eigenvalue weighted by molar-refractivity contribution is -0.161. The molecular weight excluding hydrogens is 672 g/mol. The minimum atomic E-state index is -5.15. The number of rotatable bonds is 11. The lowest BCUT2D eigenvalue weighted by Gasteiger charge is -2.36. The van der Waals surface area contributed by atoms with Crippen LogP contribution >= 0.6 is 11.3 Å². The quantitative estimate of drug-likeness (QED) is 0.0594. The number of aliphatic carboxylic acids is 1. The SMILES string of the molecule is C[C@H](O)Cn1c(-c2cc(=O)c(O)c[nH]2)nn(S(=O)(=O)NC(=O)N2C[C@H](NC(=O)/C(=N\OC(C)(C)C(=O)O)c3csc(N)n3)C2=O)c1=O. The zero-order chi connectivity index (χ0) is 35.0. The fraction of sp³-hybridized carbons (Fsp3) is 0.348. The number of aromatic nitrogens is 5. The maximum absolute atomic E-state index is 13.0. The highest BCUT2D eigenvalue weighted by molar-refractivity contribution is 7.88. The first-order valence-corrected chi connectivity index (χ1v) is 15.3. The van der Waals surface area contributed by atoms with Crippen LogP contribution < -0.4 is 26.9 Å². The van der Waals surface area contributed by atoms with Gasteiger partial charge in [-0.05, 0) is 20.8 Å². The number of nitrogens with zero attached hydrogens (tertiary/aromatic N) is 6. The number of urea groups is 1. The molecule has 0 saturated carbocycles. The van der Waals surface area contributed by atoms with Gasteiger partial charge in [-0.15, -0.1) is 16.4 Å². The van der Waals surface area contributed by atoms with Gasteiger partial charge in [0.05, 0.1) is 24.9 Å². The Labute approximate surface area is 266 Å². The van der Waals surface area contributed by atoms with Crippen molar-refractivity contribution in [1.29, 1.82) is 0 Å². The van der Waals surface area contributed by atoms with Crippen molar-refractivity contribution in [3.05, 3.63) is 44.0 Å². The van der Waals surface area contributed by atoms with E-state index in [2.05, 4.69) is 25.5 Å². The number of pyridine rings is 1. The summed E-state index contributed by atoms with van der Waals surface area (Å²) < 4.78 is 28.1. The molecule has 1 fully saturated rings. The molecule has 0 aromatic carbocycles. The number of nitrogens with two attached hydrogens (primary N) is 1. The number of aliphatic hydroxyl groups is 1. The van der Waals surface area contributed by atoms with E-state index in [4.69, 9.17) is 10.6 Å². The monoisotopic (exact) mass is 698 g/mol. The molecule has 0 aliphatic carbocycles. The number of thiazole rings is 1. The Kier molecular flexibility index (Phi) is 9.21. The molecule has 8 N–H and O–H groups in total. The van der Waals surface area contributed by atoms with Gasteiger partial charge in [0, 0.05) is 17.6 Å². The summed E-state index contributed by atoms with van der Waals surface area (Å²) >= 11 is 0.923. The molecule has 3 aromatic heterocycles. The number of carboxylic acid groups (broad SMARTS) is 1. The van der Waals surface area contributed by atoms with Gasteiger partial charge in [0.25, 0.3) is 11.8 Å². The number of imide groups is 1. The van der Waals surface area contributed by atoms with Crippen molar-refractivity contribution in [2.75, 3.05) is 12.3 Å². The molecule has 0 bridgehead atoms. The molecule has 4 amide bonds. The van der Waals surface area contributed by atoms with Gasteiger partial charge in [-0.25, -0.2) is 24.1 Å². The average molecular weight is 699 g/mol. The van der Waals surface area contributed by atoms with Gasteiger partial charge in [-0.3, -0.25) is 23.9 Å². The highest BCUT2D eigenvalue weighted by Gasteiger charge is 2.44. The van der Waals surface area contributed by atoms with Crippen LogP contribution in [-0.4, -0.2) is 106 Å². The number of hydrogen-bond acceptors (Lipinski definition) is 16. The predicted octanol–water partition coefficient (Wildman–Crippen LogP) is -3.06. The van der Waals surface area contributed by atoms with Crippen LogP contribution in [-0.2, 0) is 36.0 Å². The molecule has 47 heavy (non-hydrogen) atoms. The number of amides is 4. The number of aromatic hydroxyl groups is 1. The standard InChI is InChI=1S/C23H26N10O12S2/c1-9(34)6-31-16(10-4-13(35)14(36)5-25-10)28-33(22(31)42)47(43,44)30-21(41)32-7-11(18(32)38)26-17(37)15(12-8-46-20(24)27-12)29-45-23(2,3)19(39)40/h4-5,8-9,11,34,36H,6-7H2,1-3H3,(H2,24,27)(H,25,35)(H,26,37)(H,30,41)(H,39,40)/b29-15-/t9-,11-/m0/s1. The summed E-state index contributed by atoms with van der Waals surface area (Å²) in [6.45, 7) is 2.54. The highest BCUT2D eigenvalue weighted by atomic mass is 32.2. The first kappa shape index (κ1) is 34.3. The number of anilines is 1. The maximum Gasteiger partial charge on any atom is 0.362 e. The molecule has 1 aliphatic heterocycles. The summed E-state index contributed by atoms with van der Waals surface area (Å²) in [5, 5.41) is 39.4. The van der Waals surface area contributed by atoms with Crippen LogP contribution in [0.4, 0.5) is 9.93 Å². The molecule has 24 heteroatoms. The Hall–Kier alpha value is -5.62. The van der Waals surface area contributed by atoms with Crippen molar-refractivity contribution in [3.63, 3.8) is 0 Å². The first-order valence-electron chi connectivity index (χ1n) is 13.0. The lowest BCUT2D eigenvalue weighted by atomic mass is 10.1. The van der Waals surface area contributed by atoms with Crippen LogP contribution in [0.2, 0.25) is 0 Å². The molecule has 0 radical (unpaired) electrons. The van der Waals surface area contributed by atoms with Crippen molar-refractivity contribution >= 4 is 56.2 Å². The van der Waals surface area contributed by atoms with E-state index in [-0.39, 0.29) is 20.6 Å². The van der Waals surface area contributed by atoms with Gasteiger partial charge in [0.1, 0.15) is 11.7 Å². The van der Waals surface area contributed by atoms with Gasteiger partial charge >= 0.3 is 27.9 Å². The minimum Gasteiger partial charge on any atom is -0.503 e. The zero-order valence-electron chi connectivity index (χ0n) is 24.4. The predicted molar refractivity (Wildman–Crippen MR) is 158 cm³/mol. The number of aliphatic hydroxyl groups excluding tert-OH is 1. The molecule has 1 saturated heterocycles. The van der Waals surface area contributed by atoms with E-state index in [9.17, 15) is 52.5 Å². The fourth-order valence-electron chi connectivity index (χ4n) is 3.71. The summed E-state index contributed by atoms with van der Waals surface area (Å²) in [6.07, 6.45) is -0.343. The summed E-state index contributed by atoms with van der Waals surface area (Å²) in [6, 6.07) is -2.09. The topological polar surface area (TPSA) is 324 Å². The fourth-order valence-corrected chi connectivity index (χ4v) is 5.16. The minimum absolute atomic E-state index is 0.0278. The third-order valence-electron chi connectivity index (χ3n) is 6.20. The summed E-state index contributed by atoms with van der Waals surface area (Å²) in [7, 11) is -5.15. The second-order valence-corrected chi connectivity index (χ2v) is 12.7. The Bertz CT molecular complexity index is 2020. The van der Waals surface area contributed by atoms with Crippen molar-refractivity contribution in [3.8, 4) is 17.3 Å². The number of carbonyl (C=O) groups is 4. The van der Waals surface area contributed by atoms with Crippen LogP contribution in [0.15, 0.2) is 32.4 Å². The number of carbonyl (C=O) groups excluding carboxylic acids is 3. The second-order valence-electron chi connectivity index (χ2n) is 10.3. The van der Waals surface area contributed by atoms with Gasteiger partial charge < -0.3 is 36.2 Å². The van der Waals surface area contributed by atoms with E-state index in [1.807, 2.05) is 0 Å². The molecule has 0 unspecified atom stereocenters. The van der Waals surface area contributed by atoms with Crippen molar-refractivity contribution in [2.45, 2.75) is 45.1 Å². The Morgan fingerprint density at radius 2 is 1.98 bits per heavy atom. The van der Waals surface area contributed by atoms with E-state index in [1.54, 1.807) is 0 Å². The van der Waals surface area contributed by atoms with Crippen LogP contribution in [0.3, 0.4) is 0 Å². The molecule has 4 heterocycles. The Morgan fingerprint density at radius 3 is 2.53 bits per heavy atom. The third kappa shape index (κ3) is 7.12. The number of aromatic amines is 1. The number of nitrogen functional groups attached to an aromatic ring is 1. The lowest BCUT2D eigenvalue weighted by Crippen LogP contribution is -2.68. The normalized spacial score (nSPS) is 15.9. The number of nitrogens with one attached hydrogen (secondary N) is 3. The van der Waals surface area contributed by atoms with Crippen LogP contribution in [0.5, 0.6) is 5.75 Å². The van der Waals surface area contributed by atoms with E-state index in [0.717, 1.165) is 37.4 Å². The number of β-lactam (4-membered cyclic amide) rings is 1. The van der Waals surface area contributed by atoms with E-state index in [1.165, 1.54) is 17.0 Å². The molecule has 22 nitrogen and oxygen atoms in total. The van der Waals surface area contributed by atoms with Gasteiger partial charge in [0.2, 0.25) is 11.0 Å². The summed E-state index contributed by atoms with van der Waals surface area (Å²) in [5.41, 5.74) is 0.587. The Balaban J connectivity index is 1.51. The average Bonchev–Trinajstić information content (AvgIpc) is 3.54. The van der Waals surface area contributed by atoms with Crippen molar-refractivity contribution < 1.29 is 47.8 Å². The van der Waals surface area contributed by atoms with Crippen LogP contribution in [0.25, 0.3) is 11.5 Å². The van der Waals surface area contributed by atoms with Gasteiger partial charge in [-0.2, -0.15) is 8.42 Å². The molecule has 4 rings (SSSR count). The molecule has 2 atom stereocenters. The van der Waals surface area contributed by atoms with Crippen LogP contribution in [0, 0.1) is 0 Å². The van der Waals surface area contributed by atoms with Crippen molar-refractivity contribution in [2.24, 2.45) is 5.16 Å². The molecule has 3 aromatic rings. The third-order valence-corrected chi connectivity index (χ3v) is 8.00. The molecule has 0 spiro atoms. The smallest absolute Gasteiger partial charge is 0.362 e. The maximum atomic E-state index is 13.0. The number of likely N-dealkylation sites (tertiary alicyclic amines) is 1. The van der Waals surface area contributed by atoms with Gasteiger partial charge in [-0.1, -0.05) is 9.24 Å². The number of oxime groups is 1. The second kappa shape index (κ2) is 12.6. The van der Waals surface area contributed by atoms with Crippen LogP contribution in [0.1, 0.15) is 26.5 Å². The number of carboxylic acids is 1. The summed E-state index contributed by atoms with van der Waals surface area (Å²) in [5.74, 6) is -4.70. The molecule has 252 valence electrons. The number of hydrogen-bond donors (Lipinski definition) is 7. The zero-order valence-corrected chi connectivity index (χ0v) is 26.0. The molecule has 1 aliphatic rings. The van der Waals surface area contributed by atoms with Crippen molar-refractivity contribution in [1.82, 2.24) is 38.7 Å².